The number of rotatable bonds is 2. The van der Waals surface area contributed by atoms with E-state index >= 15 is 0 Å². The summed E-state index contributed by atoms with van der Waals surface area (Å²) in [6, 6.07) is 9.98. The largest absolute Gasteiger partial charge is 0.292 e. The first kappa shape index (κ1) is 13.1. The van der Waals surface area contributed by atoms with E-state index in [4.69, 9.17) is 11.6 Å². The Balaban J connectivity index is 2.45. The predicted molar refractivity (Wildman–Crippen MR) is 75.3 cm³/mol. The van der Waals surface area contributed by atoms with Crippen LogP contribution in [0.25, 0.3) is 16.7 Å². The molecule has 1 aromatic heterocycles. The third kappa shape index (κ3) is 1.88. The molecule has 2 nitrogen and oxygen atoms in total. The highest BCUT2D eigenvalue weighted by Gasteiger charge is 2.18. The van der Waals surface area contributed by atoms with Crippen LogP contribution in [0.4, 0.5) is 8.78 Å². The summed E-state index contributed by atoms with van der Waals surface area (Å²) in [6.07, 6.45) is 0. The fraction of sp³-hybridized carbons (Fsp3) is 0.133. The standard InChI is InChI=1S/C15H11ClF2N2/c1-9-4-2-3-5-12(9)20-13(8-16)19-11-7-6-10(17)14(18)15(11)20/h2-7H,8H2,1H3. The van der Waals surface area contributed by atoms with E-state index in [-0.39, 0.29) is 11.4 Å². The van der Waals surface area contributed by atoms with Gasteiger partial charge in [0.1, 0.15) is 11.3 Å². The van der Waals surface area contributed by atoms with Crippen LogP contribution in [0.1, 0.15) is 11.4 Å². The Morgan fingerprint density at radius 3 is 2.60 bits per heavy atom. The minimum absolute atomic E-state index is 0.115. The van der Waals surface area contributed by atoms with Crippen LogP contribution in [-0.4, -0.2) is 9.55 Å². The zero-order valence-electron chi connectivity index (χ0n) is 10.7. The SMILES string of the molecule is Cc1ccccc1-n1c(CCl)nc2ccc(F)c(F)c21. The van der Waals surface area contributed by atoms with Crippen molar-refractivity contribution < 1.29 is 8.78 Å². The third-order valence-corrected chi connectivity index (χ3v) is 3.49. The summed E-state index contributed by atoms with van der Waals surface area (Å²) in [5.74, 6) is -1.20. The number of aryl methyl sites for hydroxylation is 1. The van der Waals surface area contributed by atoms with Crippen molar-refractivity contribution >= 4 is 22.6 Å². The van der Waals surface area contributed by atoms with Crippen molar-refractivity contribution in [3.63, 3.8) is 0 Å². The second-order valence-electron chi connectivity index (χ2n) is 4.51. The zero-order valence-corrected chi connectivity index (χ0v) is 11.5. The number of alkyl halides is 1. The fourth-order valence-corrected chi connectivity index (χ4v) is 2.49. The molecular weight excluding hydrogens is 282 g/mol. The van der Waals surface area contributed by atoms with E-state index in [1.54, 1.807) is 4.57 Å². The molecule has 0 N–H and O–H groups in total. The summed E-state index contributed by atoms with van der Waals surface area (Å²) in [5.41, 5.74) is 2.19. The molecule has 0 fully saturated rings. The molecule has 2 aromatic carbocycles. The lowest BCUT2D eigenvalue weighted by Crippen LogP contribution is -2.03. The molecule has 0 aliphatic carbocycles. The second-order valence-corrected chi connectivity index (χ2v) is 4.78. The first-order chi connectivity index (χ1) is 9.63. The summed E-state index contributed by atoms with van der Waals surface area (Å²) in [4.78, 5) is 4.27. The molecular formula is C15H11ClF2N2. The van der Waals surface area contributed by atoms with Gasteiger partial charge in [-0.15, -0.1) is 11.6 Å². The highest BCUT2D eigenvalue weighted by molar-refractivity contribution is 6.17. The number of imidazole rings is 1. The molecule has 0 saturated carbocycles. The number of hydrogen-bond acceptors (Lipinski definition) is 1. The minimum Gasteiger partial charge on any atom is -0.292 e. The first-order valence-corrected chi connectivity index (χ1v) is 6.64. The molecule has 0 amide bonds. The van der Waals surface area contributed by atoms with Crippen LogP contribution in [0.15, 0.2) is 36.4 Å². The molecule has 0 atom stereocenters. The van der Waals surface area contributed by atoms with E-state index < -0.39 is 11.6 Å². The number of nitrogens with zero attached hydrogens (tertiary/aromatic N) is 2. The Hall–Kier alpha value is -1.94. The third-order valence-electron chi connectivity index (χ3n) is 3.25. The topological polar surface area (TPSA) is 17.8 Å². The Bertz CT molecular complexity index is 796. The Morgan fingerprint density at radius 1 is 1.15 bits per heavy atom. The van der Waals surface area contributed by atoms with Gasteiger partial charge in [0, 0.05) is 0 Å². The van der Waals surface area contributed by atoms with Gasteiger partial charge >= 0.3 is 0 Å². The maximum Gasteiger partial charge on any atom is 0.185 e. The van der Waals surface area contributed by atoms with Crippen LogP contribution in [0, 0.1) is 18.6 Å². The highest BCUT2D eigenvalue weighted by Crippen LogP contribution is 2.27. The smallest absolute Gasteiger partial charge is 0.185 e. The number of benzene rings is 2. The molecule has 1 heterocycles. The highest BCUT2D eigenvalue weighted by atomic mass is 35.5. The Labute approximate surface area is 119 Å². The van der Waals surface area contributed by atoms with Crippen LogP contribution in [-0.2, 0) is 5.88 Å². The van der Waals surface area contributed by atoms with Gasteiger partial charge in [-0.3, -0.25) is 4.57 Å². The van der Waals surface area contributed by atoms with Crippen LogP contribution in [0.2, 0.25) is 0 Å². The molecule has 0 saturated heterocycles. The summed E-state index contributed by atoms with van der Waals surface area (Å²) >= 11 is 5.90. The molecule has 3 aromatic rings. The molecule has 0 bridgehead atoms. The Kier molecular flexibility index (Phi) is 3.18. The number of fused-ring (bicyclic) bond motifs is 1. The van der Waals surface area contributed by atoms with Crippen molar-refractivity contribution in [2.45, 2.75) is 12.8 Å². The lowest BCUT2D eigenvalue weighted by Gasteiger charge is -2.11. The van der Waals surface area contributed by atoms with Gasteiger partial charge in [0.2, 0.25) is 0 Å². The van der Waals surface area contributed by atoms with E-state index in [1.165, 1.54) is 6.07 Å². The van der Waals surface area contributed by atoms with Gasteiger partial charge in [-0.05, 0) is 30.7 Å². The average Bonchev–Trinajstić information content (AvgIpc) is 2.82. The number of hydrogen-bond donors (Lipinski definition) is 0. The van der Waals surface area contributed by atoms with Gasteiger partial charge in [-0.2, -0.15) is 0 Å². The number of aromatic nitrogens is 2. The maximum absolute atomic E-state index is 14.1. The van der Waals surface area contributed by atoms with E-state index in [0.717, 1.165) is 17.3 Å². The summed E-state index contributed by atoms with van der Waals surface area (Å²) in [6.45, 7) is 1.90. The monoisotopic (exact) mass is 292 g/mol. The van der Waals surface area contributed by atoms with Crippen LogP contribution < -0.4 is 0 Å². The average molecular weight is 293 g/mol. The van der Waals surface area contributed by atoms with Gasteiger partial charge in [0.05, 0.1) is 17.1 Å². The van der Waals surface area contributed by atoms with Crippen molar-refractivity contribution in [3.8, 4) is 5.69 Å². The predicted octanol–water partition coefficient (Wildman–Crippen LogP) is 4.35. The minimum atomic E-state index is -0.908. The molecule has 20 heavy (non-hydrogen) atoms. The molecule has 3 rings (SSSR count). The summed E-state index contributed by atoms with van der Waals surface area (Å²) in [7, 11) is 0. The molecule has 0 unspecified atom stereocenters. The summed E-state index contributed by atoms with van der Waals surface area (Å²) < 4.78 is 29.2. The number of halogens is 3. The van der Waals surface area contributed by atoms with Crippen molar-refractivity contribution in [1.29, 1.82) is 0 Å². The quantitative estimate of drug-likeness (QED) is 0.642. The van der Waals surface area contributed by atoms with Crippen LogP contribution >= 0.6 is 11.6 Å². The van der Waals surface area contributed by atoms with Crippen molar-refractivity contribution in [2.24, 2.45) is 0 Å². The molecule has 0 aliphatic heterocycles. The van der Waals surface area contributed by atoms with Gasteiger partial charge in [0.25, 0.3) is 0 Å². The number of para-hydroxylation sites is 1. The van der Waals surface area contributed by atoms with E-state index in [9.17, 15) is 8.78 Å². The van der Waals surface area contributed by atoms with Crippen molar-refractivity contribution in [2.75, 3.05) is 0 Å². The molecule has 0 aliphatic rings. The van der Waals surface area contributed by atoms with E-state index in [2.05, 4.69) is 4.98 Å². The molecule has 5 heteroatoms. The van der Waals surface area contributed by atoms with E-state index in [0.29, 0.717) is 11.3 Å². The second kappa shape index (κ2) is 4.87. The molecule has 0 radical (unpaired) electrons. The Morgan fingerprint density at radius 2 is 1.90 bits per heavy atom. The summed E-state index contributed by atoms with van der Waals surface area (Å²) in [5, 5.41) is 0. The van der Waals surface area contributed by atoms with Crippen molar-refractivity contribution in [1.82, 2.24) is 9.55 Å². The van der Waals surface area contributed by atoms with Gasteiger partial charge in [-0.1, -0.05) is 18.2 Å². The first-order valence-electron chi connectivity index (χ1n) is 6.10. The molecule has 0 spiro atoms. The van der Waals surface area contributed by atoms with Crippen LogP contribution in [0.3, 0.4) is 0 Å². The van der Waals surface area contributed by atoms with E-state index in [1.807, 2.05) is 31.2 Å². The van der Waals surface area contributed by atoms with Gasteiger partial charge < -0.3 is 0 Å². The maximum atomic E-state index is 14.1. The fourth-order valence-electron chi connectivity index (χ4n) is 2.31. The van der Waals surface area contributed by atoms with Gasteiger partial charge in [0.15, 0.2) is 11.6 Å². The van der Waals surface area contributed by atoms with Crippen molar-refractivity contribution in [3.05, 3.63) is 59.4 Å². The lowest BCUT2D eigenvalue weighted by atomic mass is 10.2. The molecule has 102 valence electrons. The lowest BCUT2D eigenvalue weighted by molar-refractivity contribution is 0.514. The van der Waals surface area contributed by atoms with Gasteiger partial charge in [-0.25, -0.2) is 13.8 Å². The van der Waals surface area contributed by atoms with Crippen LogP contribution in [0.5, 0.6) is 0 Å². The normalized spacial score (nSPS) is 11.2. The zero-order chi connectivity index (χ0) is 14.3.